The summed E-state index contributed by atoms with van der Waals surface area (Å²) in [5.74, 6) is 0.704. The van der Waals surface area contributed by atoms with Crippen LogP contribution in [0.1, 0.15) is 46.5 Å². The van der Waals surface area contributed by atoms with Crippen molar-refractivity contribution in [3.63, 3.8) is 0 Å². The molecule has 1 atom stereocenters. The Balaban J connectivity index is 3.50. The molecule has 0 aromatic heterocycles. The maximum atomic E-state index is 5.13. The predicted molar refractivity (Wildman–Crippen MR) is 51.6 cm³/mol. The summed E-state index contributed by atoms with van der Waals surface area (Å²) in [6, 6.07) is 0. The molecule has 0 fully saturated rings. The minimum Gasteiger partial charge on any atom is -0.0897 e. The Hall–Kier alpha value is 0.0900. The lowest BCUT2D eigenvalue weighted by molar-refractivity contribution is 0.572. The standard InChI is InChI=1S/C9H18S/c1-4-6-7-9(5-2)8(3)10/h9H,4-7H2,1-3H3. The van der Waals surface area contributed by atoms with Crippen LogP contribution in [-0.4, -0.2) is 4.86 Å². The SMILES string of the molecule is CCCCC(CC)C(C)=S. The molecule has 10 heavy (non-hydrogen) atoms. The molecule has 0 aliphatic rings. The van der Waals surface area contributed by atoms with Crippen molar-refractivity contribution in [3.05, 3.63) is 0 Å². The van der Waals surface area contributed by atoms with Crippen molar-refractivity contribution in [1.82, 2.24) is 0 Å². The number of hydrogen-bond acceptors (Lipinski definition) is 1. The second-order valence-corrected chi connectivity index (χ2v) is 3.50. The van der Waals surface area contributed by atoms with E-state index in [1.54, 1.807) is 0 Å². The highest BCUT2D eigenvalue weighted by Crippen LogP contribution is 2.14. The van der Waals surface area contributed by atoms with E-state index in [9.17, 15) is 0 Å². The highest BCUT2D eigenvalue weighted by Gasteiger charge is 2.05. The number of hydrogen-bond donors (Lipinski definition) is 0. The fourth-order valence-corrected chi connectivity index (χ4v) is 1.43. The van der Waals surface area contributed by atoms with Gasteiger partial charge < -0.3 is 0 Å². The van der Waals surface area contributed by atoms with E-state index in [0.29, 0.717) is 5.92 Å². The van der Waals surface area contributed by atoms with E-state index >= 15 is 0 Å². The summed E-state index contributed by atoms with van der Waals surface area (Å²) in [6.07, 6.45) is 5.13. The zero-order valence-electron chi connectivity index (χ0n) is 7.31. The molecule has 0 bridgehead atoms. The van der Waals surface area contributed by atoms with E-state index < -0.39 is 0 Å². The van der Waals surface area contributed by atoms with Gasteiger partial charge in [-0.2, -0.15) is 0 Å². The van der Waals surface area contributed by atoms with Crippen molar-refractivity contribution >= 4 is 17.1 Å². The predicted octanol–water partition coefficient (Wildman–Crippen LogP) is 3.59. The van der Waals surface area contributed by atoms with Gasteiger partial charge in [-0.25, -0.2) is 0 Å². The first kappa shape index (κ1) is 10.1. The lowest BCUT2D eigenvalue weighted by Gasteiger charge is -2.11. The molecular formula is C9H18S. The van der Waals surface area contributed by atoms with Crippen LogP contribution in [0, 0.1) is 5.92 Å². The molecule has 0 aliphatic heterocycles. The summed E-state index contributed by atoms with van der Waals surface area (Å²) >= 11 is 5.13. The van der Waals surface area contributed by atoms with Gasteiger partial charge in [0, 0.05) is 0 Å². The average Bonchev–Trinajstić information content (AvgIpc) is 1.89. The minimum absolute atomic E-state index is 0.704. The summed E-state index contributed by atoms with van der Waals surface area (Å²) in [6.45, 7) is 6.51. The van der Waals surface area contributed by atoms with Gasteiger partial charge in [-0.15, -0.1) is 0 Å². The van der Waals surface area contributed by atoms with E-state index in [1.807, 2.05) is 0 Å². The normalized spacial score (nSPS) is 13.1. The van der Waals surface area contributed by atoms with Crippen LogP contribution in [0.5, 0.6) is 0 Å². The van der Waals surface area contributed by atoms with E-state index in [1.165, 1.54) is 30.5 Å². The van der Waals surface area contributed by atoms with Crippen LogP contribution < -0.4 is 0 Å². The molecule has 0 nitrogen and oxygen atoms in total. The number of thiocarbonyl (C=S) groups is 1. The van der Waals surface area contributed by atoms with Crippen LogP contribution >= 0.6 is 12.2 Å². The zero-order valence-corrected chi connectivity index (χ0v) is 8.13. The maximum absolute atomic E-state index is 5.13. The Morgan fingerprint density at radius 3 is 2.30 bits per heavy atom. The van der Waals surface area contributed by atoms with Gasteiger partial charge in [0.25, 0.3) is 0 Å². The van der Waals surface area contributed by atoms with Crippen molar-refractivity contribution in [2.75, 3.05) is 0 Å². The highest BCUT2D eigenvalue weighted by molar-refractivity contribution is 7.80. The Labute approximate surface area is 70.0 Å². The van der Waals surface area contributed by atoms with Crippen molar-refractivity contribution in [2.45, 2.75) is 46.5 Å². The van der Waals surface area contributed by atoms with E-state index in [4.69, 9.17) is 12.2 Å². The van der Waals surface area contributed by atoms with Crippen LogP contribution in [-0.2, 0) is 0 Å². The fourth-order valence-electron chi connectivity index (χ4n) is 1.15. The Bertz CT molecular complexity index is 96.9. The third kappa shape index (κ3) is 3.99. The van der Waals surface area contributed by atoms with Gasteiger partial charge in [-0.3, -0.25) is 0 Å². The first-order chi connectivity index (χ1) is 4.72. The second-order valence-electron chi connectivity index (χ2n) is 2.86. The fraction of sp³-hybridized carbons (Fsp3) is 0.889. The quantitative estimate of drug-likeness (QED) is 0.551. The van der Waals surface area contributed by atoms with Crippen LogP contribution in [0.4, 0.5) is 0 Å². The Morgan fingerprint density at radius 2 is 2.00 bits per heavy atom. The largest absolute Gasteiger partial charge is 0.0897 e. The van der Waals surface area contributed by atoms with Gasteiger partial charge in [0.1, 0.15) is 0 Å². The first-order valence-corrected chi connectivity index (χ1v) is 4.63. The molecule has 0 saturated heterocycles. The summed E-state index contributed by atoms with van der Waals surface area (Å²) in [5.41, 5.74) is 0. The van der Waals surface area contributed by atoms with Crippen molar-refractivity contribution in [1.29, 1.82) is 0 Å². The van der Waals surface area contributed by atoms with Crippen LogP contribution in [0.2, 0.25) is 0 Å². The van der Waals surface area contributed by atoms with Gasteiger partial charge in [0.2, 0.25) is 0 Å². The van der Waals surface area contributed by atoms with Gasteiger partial charge in [-0.1, -0.05) is 38.9 Å². The lowest BCUT2D eigenvalue weighted by atomic mass is 9.97. The van der Waals surface area contributed by atoms with E-state index in [0.717, 1.165) is 0 Å². The number of unbranched alkanes of at least 4 members (excludes halogenated alkanes) is 1. The minimum atomic E-state index is 0.704. The van der Waals surface area contributed by atoms with Gasteiger partial charge >= 0.3 is 0 Å². The molecular weight excluding hydrogens is 140 g/mol. The van der Waals surface area contributed by atoms with Crippen LogP contribution in [0.15, 0.2) is 0 Å². The lowest BCUT2D eigenvalue weighted by Crippen LogP contribution is -2.06. The van der Waals surface area contributed by atoms with Crippen LogP contribution in [0.25, 0.3) is 0 Å². The zero-order chi connectivity index (χ0) is 7.98. The van der Waals surface area contributed by atoms with Crippen LogP contribution in [0.3, 0.4) is 0 Å². The topological polar surface area (TPSA) is 0 Å². The molecule has 0 aliphatic carbocycles. The Morgan fingerprint density at radius 1 is 1.40 bits per heavy atom. The van der Waals surface area contributed by atoms with E-state index in [2.05, 4.69) is 20.8 Å². The molecule has 0 rings (SSSR count). The smallest absolute Gasteiger partial charge is 0.00717 e. The molecule has 0 aromatic rings. The molecule has 0 heterocycles. The van der Waals surface area contributed by atoms with Crippen molar-refractivity contribution < 1.29 is 0 Å². The van der Waals surface area contributed by atoms with Gasteiger partial charge in [0.15, 0.2) is 0 Å². The van der Waals surface area contributed by atoms with Crippen molar-refractivity contribution in [3.8, 4) is 0 Å². The summed E-state index contributed by atoms with van der Waals surface area (Å²) in [5, 5.41) is 0. The summed E-state index contributed by atoms with van der Waals surface area (Å²) in [7, 11) is 0. The Kier molecular flexibility index (Phi) is 5.90. The molecule has 0 saturated carbocycles. The summed E-state index contributed by atoms with van der Waals surface area (Å²) in [4.78, 5) is 1.19. The number of rotatable bonds is 5. The molecule has 60 valence electrons. The summed E-state index contributed by atoms with van der Waals surface area (Å²) < 4.78 is 0. The van der Waals surface area contributed by atoms with Crippen molar-refractivity contribution in [2.24, 2.45) is 5.92 Å². The van der Waals surface area contributed by atoms with Gasteiger partial charge in [-0.05, 0) is 30.5 Å². The monoisotopic (exact) mass is 158 g/mol. The molecule has 0 amide bonds. The third-order valence-corrected chi connectivity index (χ3v) is 2.31. The molecule has 1 heteroatoms. The first-order valence-electron chi connectivity index (χ1n) is 4.22. The maximum Gasteiger partial charge on any atom is -0.00717 e. The third-order valence-electron chi connectivity index (χ3n) is 1.97. The average molecular weight is 158 g/mol. The molecule has 1 unspecified atom stereocenters. The molecule has 0 aromatic carbocycles. The highest BCUT2D eigenvalue weighted by atomic mass is 32.1. The molecule has 0 spiro atoms. The van der Waals surface area contributed by atoms with E-state index in [-0.39, 0.29) is 0 Å². The molecule has 0 radical (unpaired) electrons. The second kappa shape index (κ2) is 5.84. The van der Waals surface area contributed by atoms with Gasteiger partial charge in [0.05, 0.1) is 0 Å². The molecule has 0 N–H and O–H groups in total.